The maximum absolute atomic E-state index is 9.33. The van der Waals surface area contributed by atoms with Gasteiger partial charge >= 0.3 is 0 Å². The number of unbranched alkanes of at least 4 members (excludes halogenated alkanes) is 2. The Hall–Kier alpha value is -2.65. The average Bonchev–Trinajstić information content (AvgIpc) is 2.78. The number of hydrogen-bond acceptors (Lipinski definition) is 6. The van der Waals surface area contributed by atoms with Gasteiger partial charge in [-0.3, -0.25) is 0 Å². The lowest BCUT2D eigenvalue weighted by Crippen LogP contribution is -2.46. The third-order valence-corrected chi connectivity index (χ3v) is 5.84. The molecule has 2 aromatic rings. The van der Waals surface area contributed by atoms with Crippen molar-refractivity contribution in [3.8, 4) is 6.07 Å². The van der Waals surface area contributed by atoms with E-state index in [1.54, 1.807) is 0 Å². The van der Waals surface area contributed by atoms with E-state index >= 15 is 0 Å². The lowest BCUT2D eigenvalue weighted by molar-refractivity contribution is 0.416. The normalized spacial score (nSPS) is 16.2. The predicted octanol–water partition coefficient (Wildman–Crippen LogP) is 5.10. The van der Waals surface area contributed by atoms with Crippen LogP contribution in [0.5, 0.6) is 0 Å². The molecule has 0 amide bonds. The Labute approximate surface area is 187 Å². The minimum Gasteiger partial charge on any atom is -0.355 e. The average molecular weight is 421 g/mol. The number of nitrogens with zero attached hydrogens (tertiary/aromatic N) is 4. The molecule has 31 heavy (non-hydrogen) atoms. The summed E-state index contributed by atoms with van der Waals surface area (Å²) in [6.45, 7) is 9.47. The first-order chi connectivity index (χ1) is 15.1. The van der Waals surface area contributed by atoms with Gasteiger partial charge in [0.2, 0.25) is 5.95 Å². The molecule has 0 radical (unpaired) electrons. The topological polar surface area (TPSA) is 76.9 Å². The van der Waals surface area contributed by atoms with Crippen LogP contribution in [-0.2, 0) is 6.42 Å². The zero-order valence-electron chi connectivity index (χ0n) is 19.2. The molecule has 6 heteroatoms. The van der Waals surface area contributed by atoms with Gasteiger partial charge in [0.15, 0.2) is 0 Å². The van der Waals surface area contributed by atoms with Crippen LogP contribution in [0, 0.1) is 18.3 Å². The minimum atomic E-state index is 0.516. The summed E-state index contributed by atoms with van der Waals surface area (Å²) < 4.78 is 0. The van der Waals surface area contributed by atoms with Gasteiger partial charge in [0, 0.05) is 36.6 Å². The highest BCUT2D eigenvalue weighted by Crippen LogP contribution is 2.23. The monoisotopic (exact) mass is 420 g/mol. The number of aryl methyl sites for hydroxylation is 2. The molecule has 0 saturated carbocycles. The first-order valence-electron chi connectivity index (χ1n) is 11.8. The van der Waals surface area contributed by atoms with Crippen molar-refractivity contribution in [1.29, 1.82) is 5.26 Å². The van der Waals surface area contributed by atoms with E-state index in [0.29, 0.717) is 17.6 Å². The van der Waals surface area contributed by atoms with Crippen molar-refractivity contribution in [2.75, 3.05) is 29.9 Å². The number of anilines is 3. The predicted molar refractivity (Wildman–Crippen MR) is 128 cm³/mol. The van der Waals surface area contributed by atoms with Crippen LogP contribution in [0.1, 0.15) is 69.2 Å². The molecule has 6 nitrogen and oxygen atoms in total. The summed E-state index contributed by atoms with van der Waals surface area (Å²) in [6.07, 6.45) is 8.15. The van der Waals surface area contributed by atoms with Crippen LogP contribution in [0.25, 0.3) is 0 Å². The Balaban J connectivity index is 1.75. The Morgan fingerprint density at radius 1 is 1.16 bits per heavy atom. The summed E-state index contributed by atoms with van der Waals surface area (Å²) in [6, 6.07) is 10.7. The van der Waals surface area contributed by atoms with Crippen LogP contribution >= 0.6 is 0 Å². The maximum atomic E-state index is 9.33. The smallest absolute Gasteiger partial charge is 0.229 e. The molecule has 1 aromatic heterocycles. The van der Waals surface area contributed by atoms with E-state index in [-0.39, 0.29) is 0 Å². The standard InChI is InChI=1S/C25H36N6/c1-4-6-7-13-27-23-10-8-14-31(18-23)24-16-21(9-5-2)28-25(30-24)29-22-12-11-19(3)20(15-22)17-26/h11-12,15-16,23,27H,4-10,13-14,18H2,1-3H3,(H,28,29,30)/t23-/m1/s1. The number of nitriles is 1. The van der Waals surface area contributed by atoms with Crippen molar-refractivity contribution in [1.82, 2.24) is 15.3 Å². The SMILES string of the molecule is CCCCCN[C@@H]1CCCN(c2cc(CCC)nc(Nc3ccc(C)c(C#N)c3)n2)C1. The van der Waals surface area contributed by atoms with Gasteiger partial charge in [-0.2, -0.15) is 10.2 Å². The van der Waals surface area contributed by atoms with E-state index in [9.17, 15) is 5.26 Å². The first kappa shape index (κ1) is 23.0. The van der Waals surface area contributed by atoms with Gasteiger partial charge in [-0.15, -0.1) is 0 Å². The van der Waals surface area contributed by atoms with E-state index in [4.69, 9.17) is 9.97 Å². The number of hydrogen-bond donors (Lipinski definition) is 2. The molecule has 2 N–H and O–H groups in total. The second kappa shape index (κ2) is 11.7. The molecule has 1 aromatic carbocycles. The number of rotatable bonds is 10. The summed E-state index contributed by atoms with van der Waals surface area (Å²) in [4.78, 5) is 12.0. The molecule has 1 fully saturated rings. The van der Waals surface area contributed by atoms with Crippen molar-refractivity contribution < 1.29 is 0 Å². The zero-order chi connectivity index (χ0) is 22.1. The highest BCUT2D eigenvalue weighted by Gasteiger charge is 2.21. The summed E-state index contributed by atoms with van der Waals surface area (Å²) in [5.74, 6) is 1.60. The molecule has 0 unspecified atom stereocenters. The molecule has 3 rings (SSSR count). The second-order valence-corrected chi connectivity index (χ2v) is 8.50. The van der Waals surface area contributed by atoms with Crippen LogP contribution < -0.4 is 15.5 Å². The summed E-state index contributed by atoms with van der Waals surface area (Å²) in [5, 5.41) is 16.4. The van der Waals surface area contributed by atoms with Crippen LogP contribution in [0.2, 0.25) is 0 Å². The van der Waals surface area contributed by atoms with E-state index < -0.39 is 0 Å². The summed E-state index contributed by atoms with van der Waals surface area (Å²) in [7, 11) is 0. The number of piperidine rings is 1. The number of aromatic nitrogens is 2. The van der Waals surface area contributed by atoms with Crippen molar-refractivity contribution in [2.45, 2.75) is 71.8 Å². The number of benzene rings is 1. The van der Waals surface area contributed by atoms with Gasteiger partial charge in [0.05, 0.1) is 11.6 Å². The quantitative estimate of drug-likeness (QED) is 0.521. The Morgan fingerprint density at radius 2 is 2.03 bits per heavy atom. The molecule has 1 saturated heterocycles. The molecule has 166 valence electrons. The summed E-state index contributed by atoms with van der Waals surface area (Å²) >= 11 is 0. The van der Waals surface area contributed by atoms with Gasteiger partial charge in [-0.1, -0.05) is 39.2 Å². The van der Waals surface area contributed by atoms with Gasteiger partial charge in [0.1, 0.15) is 5.82 Å². The lowest BCUT2D eigenvalue weighted by atomic mass is 10.1. The third-order valence-electron chi connectivity index (χ3n) is 5.84. The Bertz CT molecular complexity index is 888. The van der Waals surface area contributed by atoms with Crippen molar-refractivity contribution >= 4 is 17.5 Å². The molecule has 0 bridgehead atoms. The van der Waals surface area contributed by atoms with E-state index in [0.717, 1.165) is 55.2 Å². The second-order valence-electron chi connectivity index (χ2n) is 8.50. The van der Waals surface area contributed by atoms with Crippen LogP contribution in [-0.4, -0.2) is 35.6 Å². The molecule has 1 aliphatic rings. The van der Waals surface area contributed by atoms with Gasteiger partial charge in [0.25, 0.3) is 0 Å². The lowest BCUT2D eigenvalue weighted by Gasteiger charge is -2.34. The van der Waals surface area contributed by atoms with Crippen molar-refractivity contribution in [2.24, 2.45) is 0 Å². The highest BCUT2D eigenvalue weighted by atomic mass is 15.2. The highest BCUT2D eigenvalue weighted by molar-refractivity contribution is 5.59. The van der Waals surface area contributed by atoms with Crippen molar-refractivity contribution in [3.63, 3.8) is 0 Å². The van der Waals surface area contributed by atoms with Crippen LogP contribution in [0.15, 0.2) is 24.3 Å². The van der Waals surface area contributed by atoms with Gasteiger partial charge < -0.3 is 15.5 Å². The Morgan fingerprint density at radius 3 is 2.81 bits per heavy atom. The molecule has 0 aliphatic carbocycles. The summed E-state index contributed by atoms with van der Waals surface area (Å²) in [5.41, 5.74) is 3.54. The van der Waals surface area contributed by atoms with Gasteiger partial charge in [-0.05, 0) is 56.8 Å². The number of nitrogens with one attached hydrogen (secondary N) is 2. The molecule has 2 heterocycles. The van der Waals surface area contributed by atoms with Gasteiger partial charge in [-0.25, -0.2) is 4.98 Å². The third kappa shape index (κ3) is 6.67. The fourth-order valence-electron chi connectivity index (χ4n) is 4.07. The van der Waals surface area contributed by atoms with Crippen LogP contribution in [0.4, 0.5) is 17.5 Å². The van der Waals surface area contributed by atoms with E-state index in [2.05, 4.69) is 41.5 Å². The maximum Gasteiger partial charge on any atom is 0.229 e. The van der Waals surface area contributed by atoms with Crippen LogP contribution in [0.3, 0.4) is 0 Å². The largest absolute Gasteiger partial charge is 0.355 e. The van der Waals surface area contributed by atoms with E-state index in [1.165, 1.54) is 32.1 Å². The molecular weight excluding hydrogens is 384 g/mol. The molecule has 1 aliphatic heterocycles. The molecule has 1 atom stereocenters. The fraction of sp³-hybridized carbons (Fsp3) is 0.560. The fourth-order valence-corrected chi connectivity index (χ4v) is 4.07. The Kier molecular flexibility index (Phi) is 8.66. The van der Waals surface area contributed by atoms with Crippen molar-refractivity contribution in [3.05, 3.63) is 41.1 Å². The minimum absolute atomic E-state index is 0.516. The molecule has 0 spiro atoms. The zero-order valence-corrected chi connectivity index (χ0v) is 19.2. The van der Waals surface area contributed by atoms with E-state index in [1.807, 2.05) is 25.1 Å². The molecular formula is C25H36N6. The first-order valence-corrected chi connectivity index (χ1v) is 11.8.